The fraction of sp³-hybridized carbons (Fsp3) is 0.353. The number of carboxylic acid groups (broad SMARTS) is 1. The highest BCUT2D eigenvalue weighted by Gasteiger charge is 2.23. The van der Waals surface area contributed by atoms with E-state index < -0.39 is 16.1 Å². The van der Waals surface area contributed by atoms with Gasteiger partial charge in [0.15, 0.2) is 10.6 Å². The maximum atomic E-state index is 12.4. The Morgan fingerprint density at radius 1 is 1.31 bits per heavy atom. The van der Waals surface area contributed by atoms with Crippen LogP contribution in [0.4, 0.5) is 16.5 Å². The number of amides is 1. The number of benzene rings is 1. The van der Waals surface area contributed by atoms with Crippen LogP contribution in [0.15, 0.2) is 40.2 Å². The molecule has 0 aliphatic carbocycles. The van der Waals surface area contributed by atoms with Crippen molar-refractivity contribution in [2.24, 2.45) is 7.05 Å². The van der Waals surface area contributed by atoms with Crippen LogP contribution in [0.1, 0.15) is 12.8 Å². The van der Waals surface area contributed by atoms with E-state index in [1.807, 2.05) is 0 Å². The van der Waals surface area contributed by atoms with Crippen LogP contribution in [0.25, 0.3) is 11.1 Å². The first kappa shape index (κ1) is 19.1. The van der Waals surface area contributed by atoms with E-state index in [0.29, 0.717) is 48.7 Å². The molecule has 0 radical (unpaired) electrons. The molecule has 3 aromatic rings. The summed E-state index contributed by atoms with van der Waals surface area (Å²) in [4.78, 5) is 20.6. The van der Waals surface area contributed by atoms with Gasteiger partial charge in [-0.3, -0.25) is 4.72 Å². The summed E-state index contributed by atoms with van der Waals surface area (Å²) in [6, 6.07) is 5.18. The van der Waals surface area contributed by atoms with E-state index in [2.05, 4.69) is 20.0 Å². The first-order chi connectivity index (χ1) is 13.8. The molecule has 29 heavy (non-hydrogen) atoms. The Morgan fingerprint density at radius 3 is 2.72 bits per heavy atom. The molecule has 0 atom stereocenters. The zero-order valence-electron chi connectivity index (χ0n) is 15.6. The molecule has 0 bridgehead atoms. The Kier molecular flexibility index (Phi) is 4.78. The summed E-state index contributed by atoms with van der Waals surface area (Å²) in [5.74, 6) is 0. The quantitative estimate of drug-likeness (QED) is 0.568. The van der Waals surface area contributed by atoms with Gasteiger partial charge in [0.2, 0.25) is 0 Å². The Morgan fingerprint density at radius 2 is 2.07 bits per heavy atom. The van der Waals surface area contributed by atoms with Gasteiger partial charge in [0.25, 0.3) is 16.0 Å². The number of rotatable bonds is 5. The number of anilines is 2. The number of piperidine rings is 1. The van der Waals surface area contributed by atoms with Gasteiger partial charge in [0, 0.05) is 32.4 Å². The normalized spacial score (nSPS) is 15.6. The molecule has 1 aliphatic rings. The summed E-state index contributed by atoms with van der Waals surface area (Å²) in [5.41, 5.74) is 1.35. The molecule has 11 nitrogen and oxygen atoms in total. The number of aromatic nitrogens is 3. The van der Waals surface area contributed by atoms with E-state index in [-0.39, 0.29) is 11.1 Å². The van der Waals surface area contributed by atoms with Crippen molar-refractivity contribution < 1.29 is 22.7 Å². The minimum Gasteiger partial charge on any atom is -0.465 e. The average molecular weight is 420 g/mol. The summed E-state index contributed by atoms with van der Waals surface area (Å²) in [7, 11) is -2.11. The molecule has 0 spiro atoms. The van der Waals surface area contributed by atoms with Gasteiger partial charge in [-0.2, -0.15) is 13.4 Å². The molecule has 0 saturated carbocycles. The van der Waals surface area contributed by atoms with E-state index in [9.17, 15) is 13.2 Å². The number of hydrogen-bond donors (Lipinski definition) is 3. The molecule has 1 aliphatic heterocycles. The first-order valence-electron chi connectivity index (χ1n) is 8.96. The third-order valence-electron chi connectivity index (χ3n) is 4.69. The second-order valence-corrected chi connectivity index (χ2v) is 8.50. The summed E-state index contributed by atoms with van der Waals surface area (Å²) < 4.78 is 34.5. The highest BCUT2D eigenvalue weighted by molar-refractivity contribution is 7.92. The highest BCUT2D eigenvalue weighted by Crippen LogP contribution is 2.25. The number of imidazole rings is 1. The van der Waals surface area contributed by atoms with Gasteiger partial charge < -0.3 is 24.3 Å². The fourth-order valence-corrected chi connectivity index (χ4v) is 4.21. The van der Waals surface area contributed by atoms with Crippen LogP contribution in [0.5, 0.6) is 0 Å². The van der Waals surface area contributed by atoms with Crippen molar-refractivity contribution in [3.8, 4) is 0 Å². The third kappa shape index (κ3) is 4.11. The van der Waals surface area contributed by atoms with Gasteiger partial charge in [-0.1, -0.05) is 0 Å². The molecular weight excluding hydrogens is 400 g/mol. The molecule has 2 aromatic heterocycles. The van der Waals surface area contributed by atoms with Gasteiger partial charge >= 0.3 is 6.09 Å². The number of oxazole rings is 1. The van der Waals surface area contributed by atoms with Crippen LogP contribution in [0.3, 0.4) is 0 Å². The molecule has 1 saturated heterocycles. The summed E-state index contributed by atoms with van der Waals surface area (Å²) in [5, 5.41) is 12.1. The summed E-state index contributed by atoms with van der Waals surface area (Å²) >= 11 is 0. The predicted molar refractivity (Wildman–Crippen MR) is 104 cm³/mol. The van der Waals surface area contributed by atoms with Crippen molar-refractivity contribution in [2.45, 2.75) is 23.9 Å². The zero-order valence-corrected chi connectivity index (χ0v) is 16.4. The second kappa shape index (κ2) is 7.28. The van der Waals surface area contributed by atoms with Crippen LogP contribution in [-0.4, -0.2) is 58.2 Å². The molecule has 1 aromatic carbocycles. The topological polar surface area (TPSA) is 143 Å². The first-order valence-corrected chi connectivity index (χ1v) is 10.4. The standard InChI is InChI=1S/C17H20N6O5S/c1-22-9-15(18-10-22)29(26,27)21-12-2-3-14-13(8-12)20-16(28-14)19-11-4-6-23(7-5-11)17(24)25/h2-3,8-11,21H,4-7H2,1H3,(H,19,20)(H,24,25). The molecule has 1 amide bonds. The van der Waals surface area contributed by atoms with E-state index in [4.69, 9.17) is 9.52 Å². The van der Waals surface area contributed by atoms with Gasteiger partial charge in [0.1, 0.15) is 5.52 Å². The lowest BCUT2D eigenvalue weighted by molar-refractivity contribution is 0.133. The van der Waals surface area contributed by atoms with Crippen LogP contribution >= 0.6 is 0 Å². The lowest BCUT2D eigenvalue weighted by atomic mass is 10.1. The number of likely N-dealkylation sites (tertiary alicyclic amines) is 1. The maximum Gasteiger partial charge on any atom is 0.407 e. The molecule has 4 rings (SSSR count). The smallest absolute Gasteiger partial charge is 0.407 e. The molecule has 3 N–H and O–H groups in total. The summed E-state index contributed by atoms with van der Waals surface area (Å²) in [6.07, 6.45) is 3.22. The number of carbonyl (C=O) groups is 1. The van der Waals surface area contributed by atoms with Crippen molar-refractivity contribution in [1.29, 1.82) is 0 Å². The van der Waals surface area contributed by atoms with Crippen LogP contribution in [-0.2, 0) is 17.1 Å². The number of nitrogens with one attached hydrogen (secondary N) is 2. The number of nitrogens with zero attached hydrogens (tertiary/aromatic N) is 4. The van der Waals surface area contributed by atoms with Gasteiger partial charge in [0.05, 0.1) is 12.0 Å². The fourth-order valence-electron chi connectivity index (χ4n) is 3.18. The largest absolute Gasteiger partial charge is 0.465 e. The third-order valence-corrected chi connectivity index (χ3v) is 5.96. The van der Waals surface area contributed by atoms with Crippen LogP contribution in [0, 0.1) is 0 Å². The average Bonchev–Trinajstić information content (AvgIpc) is 3.27. The Labute approximate surface area is 166 Å². The Bertz CT molecular complexity index is 1150. The molecule has 12 heteroatoms. The zero-order chi connectivity index (χ0) is 20.6. The van der Waals surface area contributed by atoms with Crippen molar-refractivity contribution in [3.63, 3.8) is 0 Å². The van der Waals surface area contributed by atoms with Crippen molar-refractivity contribution in [3.05, 3.63) is 30.7 Å². The van der Waals surface area contributed by atoms with E-state index in [1.54, 1.807) is 29.8 Å². The molecule has 154 valence electrons. The van der Waals surface area contributed by atoms with Gasteiger partial charge in [-0.15, -0.1) is 0 Å². The van der Waals surface area contributed by atoms with Crippen molar-refractivity contribution >= 4 is 38.9 Å². The monoisotopic (exact) mass is 420 g/mol. The molecule has 0 unspecified atom stereocenters. The Hall–Kier alpha value is -3.28. The maximum absolute atomic E-state index is 12.4. The predicted octanol–water partition coefficient (Wildman–Crippen LogP) is 1.92. The highest BCUT2D eigenvalue weighted by atomic mass is 32.2. The molecule has 1 fully saturated rings. The number of fused-ring (bicyclic) bond motifs is 1. The van der Waals surface area contributed by atoms with Crippen molar-refractivity contribution in [1.82, 2.24) is 19.4 Å². The van der Waals surface area contributed by atoms with E-state index >= 15 is 0 Å². The number of sulfonamides is 1. The molecular formula is C17H20N6O5S. The number of hydrogen-bond acceptors (Lipinski definition) is 7. The minimum atomic E-state index is -3.80. The lowest BCUT2D eigenvalue weighted by Crippen LogP contribution is -2.41. The van der Waals surface area contributed by atoms with Crippen molar-refractivity contribution in [2.75, 3.05) is 23.1 Å². The van der Waals surface area contributed by atoms with Crippen LogP contribution < -0.4 is 10.0 Å². The molecule has 3 heterocycles. The van der Waals surface area contributed by atoms with E-state index in [1.165, 1.54) is 17.4 Å². The van der Waals surface area contributed by atoms with E-state index in [0.717, 1.165) is 0 Å². The van der Waals surface area contributed by atoms with Crippen LogP contribution in [0.2, 0.25) is 0 Å². The van der Waals surface area contributed by atoms with Gasteiger partial charge in [-0.05, 0) is 31.0 Å². The Balaban J connectivity index is 1.46. The second-order valence-electron chi connectivity index (χ2n) is 6.87. The number of aryl methyl sites for hydroxylation is 1. The lowest BCUT2D eigenvalue weighted by Gasteiger charge is -2.29. The summed E-state index contributed by atoms with van der Waals surface area (Å²) in [6.45, 7) is 0.902. The SMILES string of the molecule is Cn1cnc(S(=O)(=O)Nc2ccc3oc(NC4CCN(C(=O)O)CC4)nc3c2)c1. The minimum absolute atomic E-state index is 0.0563. The van der Waals surface area contributed by atoms with Gasteiger partial charge in [-0.25, -0.2) is 9.78 Å².